The van der Waals surface area contributed by atoms with Crippen LogP contribution in [0.1, 0.15) is 30.1 Å². The fourth-order valence-electron chi connectivity index (χ4n) is 3.06. The maximum absolute atomic E-state index is 10.3. The van der Waals surface area contributed by atoms with Crippen LogP contribution in [0.3, 0.4) is 0 Å². The van der Waals surface area contributed by atoms with Gasteiger partial charge in [0.25, 0.3) is 0 Å². The van der Waals surface area contributed by atoms with E-state index in [0.29, 0.717) is 0 Å². The normalized spacial score (nSPS) is 33.6. The highest BCUT2D eigenvalue weighted by molar-refractivity contribution is 5.77. The van der Waals surface area contributed by atoms with Crippen molar-refractivity contribution in [3.05, 3.63) is 53.1 Å². The van der Waals surface area contributed by atoms with E-state index in [1.807, 2.05) is 18.2 Å². The van der Waals surface area contributed by atoms with Crippen molar-refractivity contribution in [1.29, 1.82) is 0 Å². The number of hydrogen-bond donors (Lipinski definition) is 1. The van der Waals surface area contributed by atoms with Crippen molar-refractivity contribution in [1.82, 2.24) is 0 Å². The number of rotatable bonds is 0. The summed E-state index contributed by atoms with van der Waals surface area (Å²) in [6.07, 6.45) is 6.13. The molecule has 2 heteroatoms. The molecule has 2 aliphatic carbocycles. The minimum Gasteiger partial charge on any atom is -0.386 e. The Hall–Kier alpha value is -1.38. The molecule has 0 bridgehead atoms. The Labute approximate surface area is 100 Å². The lowest BCUT2D eigenvalue weighted by atomic mass is 9.89. The van der Waals surface area contributed by atoms with Gasteiger partial charge in [-0.15, -0.1) is 0 Å². The number of fused-ring (bicyclic) bond motifs is 4. The molecule has 2 nitrogen and oxygen atoms in total. The van der Waals surface area contributed by atoms with E-state index in [1.165, 1.54) is 16.7 Å². The molecule has 0 saturated carbocycles. The summed E-state index contributed by atoms with van der Waals surface area (Å²) in [7, 11) is 0. The van der Waals surface area contributed by atoms with Gasteiger partial charge in [-0.1, -0.05) is 36.4 Å². The quantitative estimate of drug-likeness (QED) is 0.690. The summed E-state index contributed by atoms with van der Waals surface area (Å²) in [5.41, 5.74) is 4.90. The molecule has 1 N–H and O–H groups in total. The van der Waals surface area contributed by atoms with E-state index in [4.69, 9.17) is 4.74 Å². The fraction of sp³-hybridized carbons (Fsp3) is 0.333. The van der Waals surface area contributed by atoms with Gasteiger partial charge in [-0.3, -0.25) is 0 Å². The van der Waals surface area contributed by atoms with E-state index in [0.717, 1.165) is 18.4 Å². The third-order valence-corrected chi connectivity index (χ3v) is 3.95. The summed E-state index contributed by atoms with van der Waals surface area (Å²) in [4.78, 5) is 0. The first-order valence-corrected chi connectivity index (χ1v) is 6.18. The van der Waals surface area contributed by atoms with Crippen molar-refractivity contribution >= 4 is 5.57 Å². The molecule has 1 heterocycles. The average Bonchev–Trinajstić information content (AvgIpc) is 3.18. The highest BCUT2D eigenvalue weighted by atomic mass is 16.6. The van der Waals surface area contributed by atoms with Crippen molar-refractivity contribution in [2.75, 3.05) is 0 Å². The average molecular weight is 226 g/mol. The molecule has 4 rings (SSSR count). The predicted molar refractivity (Wildman–Crippen MR) is 65.4 cm³/mol. The van der Waals surface area contributed by atoms with Crippen molar-refractivity contribution in [2.45, 2.75) is 31.2 Å². The maximum Gasteiger partial charge on any atom is 0.119 e. The summed E-state index contributed by atoms with van der Waals surface area (Å²) in [6.45, 7) is 0. The largest absolute Gasteiger partial charge is 0.386 e. The van der Waals surface area contributed by atoms with Crippen molar-refractivity contribution < 1.29 is 9.84 Å². The molecule has 17 heavy (non-hydrogen) atoms. The SMILES string of the molecule is OC1c2ccccc2C2=C(C=CCC2)C2OC21. The molecule has 0 amide bonds. The van der Waals surface area contributed by atoms with Crippen LogP contribution in [0, 0.1) is 0 Å². The number of benzene rings is 1. The molecule has 3 atom stereocenters. The van der Waals surface area contributed by atoms with Crippen molar-refractivity contribution in [3.63, 3.8) is 0 Å². The Morgan fingerprint density at radius 2 is 2.12 bits per heavy atom. The monoisotopic (exact) mass is 226 g/mol. The molecule has 1 aromatic carbocycles. The number of allylic oxidation sites excluding steroid dienone is 2. The Kier molecular flexibility index (Phi) is 1.88. The van der Waals surface area contributed by atoms with Crippen LogP contribution in [0.5, 0.6) is 0 Å². The molecule has 0 aromatic heterocycles. The molecule has 86 valence electrons. The van der Waals surface area contributed by atoms with E-state index in [-0.39, 0.29) is 12.2 Å². The Bertz CT molecular complexity index is 542. The molecule has 1 aromatic rings. The molecule has 1 saturated heterocycles. The van der Waals surface area contributed by atoms with Crippen LogP contribution in [0.15, 0.2) is 42.0 Å². The van der Waals surface area contributed by atoms with Crippen LogP contribution in [0.25, 0.3) is 5.57 Å². The zero-order valence-electron chi connectivity index (χ0n) is 9.47. The third-order valence-electron chi connectivity index (χ3n) is 3.95. The van der Waals surface area contributed by atoms with E-state index in [2.05, 4.69) is 18.2 Å². The molecule has 3 aliphatic rings. The first-order valence-electron chi connectivity index (χ1n) is 6.18. The second-order valence-electron chi connectivity index (χ2n) is 4.93. The van der Waals surface area contributed by atoms with Gasteiger partial charge in [-0.25, -0.2) is 0 Å². The Balaban J connectivity index is 1.98. The van der Waals surface area contributed by atoms with Crippen molar-refractivity contribution in [2.24, 2.45) is 0 Å². The number of aliphatic hydroxyl groups is 1. The van der Waals surface area contributed by atoms with Crippen LogP contribution in [-0.4, -0.2) is 17.3 Å². The minimum atomic E-state index is -0.477. The van der Waals surface area contributed by atoms with Gasteiger partial charge in [0.15, 0.2) is 0 Å². The molecule has 1 fully saturated rings. The van der Waals surface area contributed by atoms with Crippen molar-refractivity contribution in [3.8, 4) is 0 Å². The maximum atomic E-state index is 10.3. The lowest BCUT2D eigenvalue weighted by molar-refractivity contribution is 0.136. The summed E-state index contributed by atoms with van der Waals surface area (Å²) in [5.74, 6) is 0. The topological polar surface area (TPSA) is 32.8 Å². The minimum absolute atomic E-state index is 0.0357. The lowest BCUT2D eigenvalue weighted by Crippen LogP contribution is -2.07. The Morgan fingerprint density at radius 3 is 3.06 bits per heavy atom. The predicted octanol–water partition coefficient (Wildman–Crippen LogP) is 2.60. The van der Waals surface area contributed by atoms with Crippen LogP contribution < -0.4 is 0 Å². The zero-order valence-corrected chi connectivity index (χ0v) is 9.47. The van der Waals surface area contributed by atoms with E-state index in [1.54, 1.807) is 0 Å². The number of ether oxygens (including phenoxy) is 1. The second-order valence-corrected chi connectivity index (χ2v) is 4.93. The van der Waals surface area contributed by atoms with Gasteiger partial charge >= 0.3 is 0 Å². The summed E-state index contributed by atoms with van der Waals surface area (Å²) < 4.78 is 5.64. The molecular weight excluding hydrogens is 212 g/mol. The summed E-state index contributed by atoms with van der Waals surface area (Å²) in [6, 6.07) is 8.18. The molecular formula is C15H14O2. The van der Waals surface area contributed by atoms with Crippen LogP contribution >= 0.6 is 0 Å². The molecule has 0 radical (unpaired) electrons. The molecule has 0 spiro atoms. The highest BCUT2D eigenvalue weighted by Crippen LogP contribution is 2.48. The standard InChI is InChI=1S/C15H14O2/c16-13-11-7-3-1-5-9(11)10-6-2-4-8-12(10)14-15(13)17-14/h1,3-5,7-8,13-16H,2,6H2. The molecule has 1 aliphatic heterocycles. The van der Waals surface area contributed by atoms with Gasteiger partial charge in [0.1, 0.15) is 18.3 Å². The molecule has 3 unspecified atom stereocenters. The number of epoxide rings is 1. The second kappa shape index (κ2) is 3.31. The highest BCUT2D eigenvalue weighted by Gasteiger charge is 2.50. The van der Waals surface area contributed by atoms with Gasteiger partial charge in [0, 0.05) is 0 Å². The smallest absolute Gasteiger partial charge is 0.119 e. The van der Waals surface area contributed by atoms with Gasteiger partial charge in [0.2, 0.25) is 0 Å². The number of aliphatic hydroxyl groups excluding tert-OH is 1. The first-order chi connectivity index (χ1) is 8.36. The van der Waals surface area contributed by atoms with Gasteiger partial charge < -0.3 is 9.84 Å². The van der Waals surface area contributed by atoms with Crippen LogP contribution in [0.2, 0.25) is 0 Å². The Morgan fingerprint density at radius 1 is 1.24 bits per heavy atom. The third kappa shape index (κ3) is 1.28. The van der Waals surface area contributed by atoms with Gasteiger partial charge in [-0.2, -0.15) is 0 Å². The van der Waals surface area contributed by atoms with E-state index in [9.17, 15) is 5.11 Å². The zero-order chi connectivity index (χ0) is 11.4. The van der Waals surface area contributed by atoms with E-state index >= 15 is 0 Å². The van der Waals surface area contributed by atoms with Gasteiger partial charge in [-0.05, 0) is 35.1 Å². The summed E-state index contributed by atoms with van der Waals surface area (Å²) in [5, 5.41) is 10.3. The summed E-state index contributed by atoms with van der Waals surface area (Å²) >= 11 is 0. The van der Waals surface area contributed by atoms with E-state index < -0.39 is 6.10 Å². The van der Waals surface area contributed by atoms with Gasteiger partial charge in [0.05, 0.1) is 0 Å². The number of hydrogen-bond acceptors (Lipinski definition) is 2. The fourth-order valence-corrected chi connectivity index (χ4v) is 3.06. The van der Waals surface area contributed by atoms with Crippen LogP contribution in [-0.2, 0) is 4.74 Å². The lowest BCUT2D eigenvalue weighted by Gasteiger charge is -2.17. The van der Waals surface area contributed by atoms with Crippen LogP contribution in [0.4, 0.5) is 0 Å². The first kappa shape index (κ1) is 9.63.